The zero-order chi connectivity index (χ0) is 18.4. The fraction of sp³-hybridized carbons (Fsp3) is 0.235. The van der Waals surface area contributed by atoms with E-state index in [-0.39, 0.29) is 17.9 Å². The van der Waals surface area contributed by atoms with Crippen LogP contribution in [0.4, 0.5) is 27.6 Å². The van der Waals surface area contributed by atoms with Gasteiger partial charge in [0.1, 0.15) is 12.4 Å². The minimum absolute atomic E-state index is 0.00858. The minimum atomic E-state index is -4.24. The summed E-state index contributed by atoms with van der Waals surface area (Å²) >= 11 is 0. The Hall–Kier alpha value is -2.48. The normalized spacial score (nSPS) is 11.6. The van der Waals surface area contributed by atoms with Crippen LogP contribution >= 0.6 is 0 Å². The van der Waals surface area contributed by atoms with Crippen LogP contribution < -0.4 is 5.32 Å². The Bertz CT molecular complexity index is 736. The lowest BCUT2D eigenvalue weighted by Gasteiger charge is -2.15. The van der Waals surface area contributed by atoms with Gasteiger partial charge in [-0.3, -0.25) is 4.79 Å². The van der Waals surface area contributed by atoms with Crippen molar-refractivity contribution < 1.29 is 31.5 Å². The molecule has 25 heavy (non-hydrogen) atoms. The number of hydrogen-bond donors (Lipinski definition) is 1. The standard InChI is InChI=1S/C17H14F5NO2/c18-13-6-1-2-7-14(13)23-15(24)12-5-3-4-11(8-12)9-25-10-17(21,22)16(19)20/h1-8,16H,9-10H2,(H,23,24). The van der Waals surface area contributed by atoms with Crippen LogP contribution in [-0.4, -0.2) is 24.9 Å². The fourth-order valence-corrected chi connectivity index (χ4v) is 1.93. The monoisotopic (exact) mass is 359 g/mol. The van der Waals surface area contributed by atoms with Crippen LogP contribution in [0.5, 0.6) is 0 Å². The van der Waals surface area contributed by atoms with E-state index in [2.05, 4.69) is 10.1 Å². The van der Waals surface area contributed by atoms with E-state index in [4.69, 9.17) is 0 Å². The van der Waals surface area contributed by atoms with E-state index in [1.165, 1.54) is 42.5 Å². The van der Waals surface area contributed by atoms with Crippen molar-refractivity contribution in [2.75, 3.05) is 11.9 Å². The smallest absolute Gasteiger partial charge is 0.330 e. The molecule has 0 spiro atoms. The molecule has 0 aliphatic rings. The summed E-state index contributed by atoms with van der Waals surface area (Å²) in [5, 5.41) is 2.38. The highest BCUT2D eigenvalue weighted by Crippen LogP contribution is 2.23. The van der Waals surface area contributed by atoms with E-state index < -0.39 is 30.7 Å². The van der Waals surface area contributed by atoms with Crippen LogP contribution in [0.25, 0.3) is 0 Å². The summed E-state index contributed by atoms with van der Waals surface area (Å²) in [6.45, 7) is -1.81. The van der Waals surface area contributed by atoms with Gasteiger partial charge in [0.25, 0.3) is 5.91 Å². The van der Waals surface area contributed by atoms with Crippen molar-refractivity contribution in [2.45, 2.75) is 19.0 Å². The molecule has 2 aromatic rings. The number of hydrogen-bond acceptors (Lipinski definition) is 2. The number of ether oxygens (including phenoxy) is 1. The molecule has 0 heterocycles. The van der Waals surface area contributed by atoms with E-state index >= 15 is 0 Å². The first-order valence-electron chi connectivity index (χ1n) is 7.18. The topological polar surface area (TPSA) is 38.3 Å². The van der Waals surface area contributed by atoms with Gasteiger partial charge in [0.05, 0.1) is 12.3 Å². The van der Waals surface area contributed by atoms with Crippen LogP contribution in [0.3, 0.4) is 0 Å². The average molecular weight is 359 g/mol. The molecule has 1 N–H and O–H groups in total. The van der Waals surface area contributed by atoms with Crippen molar-refractivity contribution in [3.8, 4) is 0 Å². The Balaban J connectivity index is 1.99. The molecule has 1 amide bonds. The lowest BCUT2D eigenvalue weighted by molar-refractivity contribution is -0.168. The first-order chi connectivity index (χ1) is 11.8. The van der Waals surface area contributed by atoms with Crippen molar-refractivity contribution in [2.24, 2.45) is 0 Å². The Labute approximate surface area is 140 Å². The molecule has 0 fully saturated rings. The minimum Gasteiger partial charge on any atom is -0.370 e. The molecule has 0 atom stereocenters. The third kappa shape index (κ3) is 5.25. The highest BCUT2D eigenvalue weighted by Gasteiger charge is 2.40. The summed E-state index contributed by atoms with van der Waals surface area (Å²) in [6.07, 6.45) is -3.81. The average Bonchev–Trinajstić information content (AvgIpc) is 2.57. The van der Waals surface area contributed by atoms with Gasteiger partial charge in [-0.2, -0.15) is 8.78 Å². The third-order valence-corrected chi connectivity index (χ3v) is 3.19. The van der Waals surface area contributed by atoms with Crippen LogP contribution in [-0.2, 0) is 11.3 Å². The van der Waals surface area contributed by atoms with Crippen molar-refractivity contribution in [1.29, 1.82) is 0 Å². The van der Waals surface area contributed by atoms with Crippen molar-refractivity contribution in [3.63, 3.8) is 0 Å². The van der Waals surface area contributed by atoms with Gasteiger partial charge >= 0.3 is 12.3 Å². The molecule has 0 aliphatic carbocycles. The maximum atomic E-state index is 13.5. The zero-order valence-corrected chi connectivity index (χ0v) is 12.8. The summed E-state index contributed by atoms with van der Waals surface area (Å²) < 4.78 is 67.7. The number of benzene rings is 2. The van der Waals surface area contributed by atoms with Gasteiger partial charge in [0, 0.05) is 5.56 Å². The number of rotatable bonds is 7. The highest BCUT2D eigenvalue weighted by molar-refractivity contribution is 6.04. The van der Waals surface area contributed by atoms with Crippen molar-refractivity contribution >= 4 is 11.6 Å². The van der Waals surface area contributed by atoms with E-state index in [1.807, 2.05) is 0 Å². The molecule has 0 saturated carbocycles. The third-order valence-electron chi connectivity index (χ3n) is 3.19. The Morgan fingerprint density at radius 1 is 1.12 bits per heavy atom. The molecule has 0 aliphatic heterocycles. The van der Waals surface area contributed by atoms with Gasteiger partial charge in [-0.25, -0.2) is 13.2 Å². The second-order valence-corrected chi connectivity index (χ2v) is 5.19. The van der Waals surface area contributed by atoms with Crippen LogP contribution in [0, 0.1) is 5.82 Å². The number of amides is 1. The maximum absolute atomic E-state index is 13.5. The molecule has 134 valence electrons. The summed E-state index contributed by atoms with van der Waals surface area (Å²) in [6, 6.07) is 11.3. The number of carbonyl (C=O) groups excluding carboxylic acids is 1. The number of anilines is 1. The number of halogens is 5. The predicted molar refractivity (Wildman–Crippen MR) is 81.4 cm³/mol. The predicted octanol–water partition coefficient (Wildman–Crippen LogP) is 4.50. The van der Waals surface area contributed by atoms with E-state index in [0.29, 0.717) is 5.56 Å². The molecule has 0 unspecified atom stereocenters. The van der Waals surface area contributed by atoms with Gasteiger partial charge in [0.2, 0.25) is 0 Å². The summed E-state index contributed by atoms with van der Waals surface area (Å²) in [7, 11) is 0. The maximum Gasteiger partial charge on any atom is 0.330 e. The zero-order valence-electron chi connectivity index (χ0n) is 12.8. The number of para-hydroxylation sites is 1. The number of alkyl halides is 4. The molecule has 2 rings (SSSR count). The first-order valence-corrected chi connectivity index (χ1v) is 7.18. The van der Waals surface area contributed by atoms with Gasteiger partial charge in [-0.1, -0.05) is 24.3 Å². The quantitative estimate of drug-likeness (QED) is 0.740. The Kier molecular flexibility index (Phi) is 6.08. The lowest BCUT2D eigenvalue weighted by atomic mass is 10.1. The molecule has 0 aromatic heterocycles. The molecule has 2 aromatic carbocycles. The molecule has 0 radical (unpaired) electrons. The largest absolute Gasteiger partial charge is 0.370 e. The van der Waals surface area contributed by atoms with Crippen molar-refractivity contribution in [1.82, 2.24) is 0 Å². The molecular weight excluding hydrogens is 345 g/mol. The molecule has 0 saturated heterocycles. The number of carbonyl (C=O) groups is 1. The lowest BCUT2D eigenvalue weighted by Crippen LogP contribution is -2.32. The van der Waals surface area contributed by atoms with E-state index in [0.717, 1.165) is 0 Å². The summed E-state index contributed by atoms with van der Waals surface area (Å²) in [5.74, 6) is -5.45. The molecular formula is C17H14F5NO2. The Morgan fingerprint density at radius 3 is 2.52 bits per heavy atom. The second-order valence-electron chi connectivity index (χ2n) is 5.19. The number of nitrogens with one attached hydrogen (secondary N) is 1. The van der Waals surface area contributed by atoms with Gasteiger partial charge in [0.15, 0.2) is 0 Å². The fourth-order valence-electron chi connectivity index (χ4n) is 1.93. The van der Waals surface area contributed by atoms with Crippen LogP contribution in [0.2, 0.25) is 0 Å². The second kappa shape index (κ2) is 8.06. The van der Waals surface area contributed by atoms with Crippen molar-refractivity contribution in [3.05, 3.63) is 65.5 Å². The van der Waals surface area contributed by atoms with E-state index in [1.54, 1.807) is 6.07 Å². The first kappa shape index (κ1) is 18.9. The van der Waals surface area contributed by atoms with Gasteiger partial charge in [-0.05, 0) is 29.8 Å². The molecule has 3 nitrogen and oxygen atoms in total. The van der Waals surface area contributed by atoms with Crippen LogP contribution in [0.15, 0.2) is 48.5 Å². The highest BCUT2D eigenvalue weighted by atomic mass is 19.3. The van der Waals surface area contributed by atoms with Gasteiger partial charge in [-0.15, -0.1) is 0 Å². The summed E-state index contributed by atoms with van der Waals surface area (Å²) in [4.78, 5) is 12.1. The van der Waals surface area contributed by atoms with E-state index in [9.17, 15) is 26.7 Å². The SMILES string of the molecule is O=C(Nc1ccccc1F)c1cccc(COCC(F)(F)C(F)F)c1. The van der Waals surface area contributed by atoms with Crippen LogP contribution in [0.1, 0.15) is 15.9 Å². The Morgan fingerprint density at radius 2 is 1.84 bits per heavy atom. The summed E-state index contributed by atoms with van der Waals surface area (Å²) in [5.41, 5.74) is 0.474. The molecule has 0 bridgehead atoms. The van der Waals surface area contributed by atoms with Gasteiger partial charge < -0.3 is 10.1 Å². The molecule has 8 heteroatoms.